The maximum absolute atomic E-state index is 13.1. The largest absolute Gasteiger partial charge is 0.345 e. The summed E-state index contributed by atoms with van der Waals surface area (Å²) >= 11 is 1.24. The fourth-order valence-electron chi connectivity index (χ4n) is 2.81. The molecule has 3 rings (SSSR count). The van der Waals surface area contributed by atoms with E-state index in [4.69, 9.17) is 0 Å². The van der Waals surface area contributed by atoms with Crippen LogP contribution in [0.1, 0.15) is 33.9 Å². The van der Waals surface area contributed by atoms with Crippen molar-refractivity contribution < 1.29 is 17.6 Å². The SMILES string of the molecule is Cc1nc(-c2ccc(F)cc2)sc1C(=O)NC(C)c1ccc(S(=O)(=O)N(C)C)cc1. The van der Waals surface area contributed by atoms with Gasteiger partial charge in [0.1, 0.15) is 15.7 Å². The Morgan fingerprint density at radius 1 is 1.10 bits per heavy atom. The standard InChI is InChI=1S/C21H22FN3O3S2/c1-13(15-7-11-18(12-8-15)30(27,28)25(3)4)23-20(26)19-14(2)24-21(29-19)16-5-9-17(22)10-6-16/h5-13H,1-4H3,(H,23,26). The van der Waals surface area contributed by atoms with E-state index < -0.39 is 10.0 Å². The van der Waals surface area contributed by atoms with Crippen LogP contribution in [0.2, 0.25) is 0 Å². The van der Waals surface area contributed by atoms with Crippen molar-refractivity contribution in [3.05, 3.63) is 70.5 Å². The Bertz CT molecular complexity index is 1160. The summed E-state index contributed by atoms with van der Waals surface area (Å²) in [7, 11) is -0.550. The number of hydrogen-bond acceptors (Lipinski definition) is 5. The third-order valence-electron chi connectivity index (χ3n) is 4.60. The molecule has 0 bridgehead atoms. The lowest BCUT2D eigenvalue weighted by Crippen LogP contribution is -2.26. The van der Waals surface area contributed by atoms with Crippen LogP contribution >= 0.6 is 11.3 Å². The average molecular weight is 448 g/mol. The van der Waals surface area contributed by atoms with Crippen molar-refractivity contribution in [2.75, 3.05) is 14.1 Å². The van der Waals surface area contributed by atoms with Gasteiger partial charge in [0.2, 0.25) is 10.0 Å². The Labute approximate surface area is 179 Å². The predicted octanol–water partition coefficient (Wildman–Crippen LogP) is 4.00. The van der Waals surface area contributed by atoms with Gasteiger partial charge in [0.15, 0.2) is 0 Å². The number of carbonyl (C=O) groups excluding carboxylic acids is 1. The van der Waals surface area contributed by atoms with Gasteiger partial charge in [-0.25, -0.2) is 22.1 Å². The van der Waals surface area contributed by atoms with Gasteiger partial charge < -0.3 is 5.32 Å². The Morgan fingerprint density at radius 3 is 2.27 bits per heavy atom. The molecule has 0 spiro atoms. The molecular weight excluding hydrogens is 425 g/mol. The number of aryl methyl sites for hydroxylation is 1. The van der Waals surface area contributed by atoms with Crippen LogP contribution < -0.4 is 5.32 Å². The molecule has 1 aromatic heterocycles. The zero-order valence-electron chi connectivity index (χ0n) is 17.0. The summed E-state index contributed by atoms with van der Waals surface area (Å²) in [6, 6.07) is 12.1. The molecule has 1 amide bonds. The molecule has 0 saturated carbocycles. The maximum Gasteiger partial charge on any atom is 0.263 e. The summed E-state index contributed by atoms with van der Waals surface area (Å²) in [5.41, 5.74) is 2.12. The highest BCUT2D eigenvalue weighted by Gasteiger charge is 2.20. The second-order valence-corrected chi connectivity index (χ2v) is 10.1. The number of benzene rings is 2. The van der Waals surface area contributed by atoms with E-state index in [1.165, 1.54) is 49.7 Å². The molecule has 0 fully saturated rings. The van der Waals surface area contributed by atoms with Crippen molar-refractivity contribution in [2.24, 2.45) is 0 Å². The molecule has 1 heterocycles. The Kier molecular flexibility index (Phi) is 6.35. The van der Waals surface area contributed by atoms with E-state index in [-0.39, 0.29) is 22.7 Å². The number of nitrogens with one attached hydrogen (secondary N) is 1. The van der Waals surface area contributed by atoms with Crippen LogP contribution in [0.3, 0.4) is 0 Å². The van der Waals surface area contributed by atoms with Crippen LogP contribution in [0.15, 0.2) is 53.4 Å². The molecule has 0 saturated heterocycles. The van der Waals surface area contributed by atoms with Gasteiger partial charge in [0.05, 0.1) is 16.6 Å². The smallest absolute Gasteiger partial charge is 0.263 e. The number of nitrogens with zero attached hydrogens (tertiary/aromatic N) is 2. The molecule has 0 radical (unpaired) electrons. The monoisotopic (exact) mass is 447 g/mol. The van der Waals surface area contributed by atoms with E-state index in [2.05, 4.69) is 10.3 Å². The topological polar surface area (TPSA) is 79.4 Å². The number of hydrogen-bond donors (Lipinski definition) is 1. The summed E-state index contributed by atoms with van der Waals surface area (Å²) in [5, 5.41) is 3.56. The lowest BCUT2D eigenvalue weighted by atomic mass is 10.1. The van der Waals surface area contributed by atoms with E-state index >= 15 is 0 Å². The van der Waals surface area contributed by atoms with Crippen molar-refractivity contribution in [2.45, 2.75) is 24.8 Å². The summed E-state index contributed by atoms with van der Waals surface area (Å²) in [5.74, 6) is -0.598. The van der Waals surface area contributed by atoms with Crippen LogP contribution in [0.25, 0.3) is 10.6 Å². The molecular formula is C21H22FN3O3S2. The van der Waals surface area contributed by atoms with Gasteiger partial charge in [0, 0.05) is 19.7 Å². The van der Waals surface area contributed by atoms with E-state index in [1.807, 2.05) is 6.92 Å². The molecule has 0 aliphatic rings. The molecule has 6 nitrogen and oxygen atoms in total. The van der Waals surface area contributed by atoms with E-state index in [0.29, 0.717) is 15.6 Å². The number of halogens is 1. The molecule has 158 valence electrons. The zero-order chi connectivity index (χ0) is 22.1. The summed E-state index contributed by atoms with van der Waals surface area (Å²) in [6.45, 7) is 3.58. The third kappa shape index (κ3) is 4.58. The van der Waals surface area contributed by atoms with Gasteiger partial charge in [-0.05, 0) is 55.8 Å². The number of carbonyl (C=O) groups is 1. The predicted molar refractivity (Wildman–Crippen MR) is 115 cm³/mol. The molecule has 1 N–H and O–H groups in total. The fourth-order valence-corrected chi connectivity index (χ4v) is 4.68. The highest BCUT2D eigenvalue weighted by Crippen LogP contribution is 2.28. The summed E-state index contributed by atoms with van der Waals surface area (Å²) in [4.78, 5) is 17.9. The molecule has 0 aliphatic carbocycles. The van der Waals surface area contributed by atoms with Gasteiger partial charge in [-0.3, -0.25) is 4.79 Å². The van der Waals surface area contributed by atoms with Gasteiger partial charge in [0.25, 0.3) is 5.91 Å². The van der Waals surface area contributed by atoms with Crippen molar-refractivity contribution >= 4 is 27.3 Å². The van der Waals surface area contributed by atoms with Crippen LogP contribution in [0.5, 0.6) is 0 Å². The molecule has 0 aliphatic heterocycles. The lowest BCUT2D eigenvalue weighted by molar-refractivity contribution is 0.0943. The van der Waals surface area contributed by atoms with Crippen molar-refractivity contribution in [3.8, 4) is 10.6 Å². The zero-order valence-corrected chi connectivity index (χ0v) is 18.6. The van der Waals surface area contributed by atoms with E-state index in [1.54, 1.807) is 31.2 Å². The number of amides is 1. The summed E-state index contributed by atoms with van der Waals surface area (Å²) < 4.78 is 38.6. The summed E-state index contributed by atoms with van der Waals surface area (Å²) in [6.07, 6.45) is 0. The minimum absolute atomic E-state index is 0.192. The molecule has 1 atom stereocenters. The van der Waals surface area contributed by atoms with Crippen LogP contribution in [0.4, 0.5) is 4.39 Å². The van der Waals surface area contributed by atoms with Crippen LogP contribution in [0, 0.1) is 12.7 Å². The number of aromatic nitrogens is 1. The first kappa shape index (κ1) is 22.1. The van der Waals surface area contributed by atoms with Crippen molar-refractivity contribution in [1.82, 2.24) is 14.6 Å². The third-order valence-corrected chi connectivity index (χ3v) is 7.63. The van der Waals surface area contributed by atoms with Gasteiger partial charge in [-0.2, -0.15) is 0 Å². The van der Waals surface area contributed by atoms with E-state index in [0.717, 1.165) is 15.4 Å². The lowest BCUT2D eigenvalue weighted by Gasteiger charge is -2.16. The first-order valence-electron chi connectivity index (χ1n) is 9.16. The maximum atomic E-state index is 13.1. The highest BCUT2D eigenvalue weighted by atomic mass is 32.2. The molecule has 3 aromatic rings. The molecule has 30 heavy (non-hydrogen) atoms. The second kappa shape index (κ2) is 8.63. The quantitative estimate of drug-likeness (QED) is 0.620. The number of thiazole rings is 1. The number of rotatable bonds is 6. The molecule has 2 aromatic carbocycles. The number of sulfonamides is 1. The van der Waals surface area contributed by atoms with E-state index in [9.17, 15) is 17.6 Å². The second-order valence-electron chi connectivity index (χ2n) is 6.99. The Balaban J connectivity index is 1.75. The average Bonchev–Trinajstić information content (AvgIpc) is 3.10. The molecule has 1 unspecified atom stereocenters. The minimum Gasteiger partial charge on any atom is -0.345 e. The Morgan fingerprint density at radius 2 is 1.70 bits per heavy atom. The fraction of sp³-hybridized carbons (Fsp3) is 0.238. The van der Waals surface area contributed by atoms with Gasteiger partial charge >= 0.3 is 0 Å². The first-order valence-corrected chi connectivity index (χ1v) is 11.4. The highest BCUT2D eigenvalue weighted by molar-refractivity contribution is 7.89. The molecule has 9 heteroatoms. The van der Waals surface area contributed by atoms with Gasteiger partial charge in [-0.1, -0.05) is 12.1 Å². The normalized spacial score (nSPS) is 12.7. The van der Waals surface area contributed by atoms with Crippen LogP contribution in [-0.2, 0) is 10.0 Å². The van der Waals surface area contributed by atoms with Crippen LogP contribution in [-0.4, -0.2) is 37.7 Å². The first-order chi connectivity index (χ1) is 14.1. The van der Waals surface area contributed by atoms with Gasteiger partial charge in [-0.15, -0.1) is 11.3 Å². The minimum atomic E-state index is -3.50. The van der Waals surface area contributed by atoms with Crippen molar-refractivity contribution in [1.29, 1.82) is 0 Å². The Hall–Kier alpha value is -2.62. The van der Waals surface area contributed by atoms with Crippen molar-refractivity contribution in [3.63, 3.8) is 0 Å².